The van der Waals surface area contributed by atoms with Crippen molar-refractivity contribution in [1.29, 1.82) is 0 Å². The van der Waals surface area contributed by atoms with Crippen LogP contribution in [-0.2, 0) is 7.05 Å². The van der Waals surface area contributed by atoms with E-state index in [0.717, 1.165) is 11.4 Å². The Morgan fingerprint density at radius 2 is 2.11 bits per heavy atom. The van der Waals surface area contributed by atoms with Gasteiger partial charge < -0.3 is 5.32 Å². The Morgan fingerprint density at radius 1 is 1.44 bits per heavy atom. The van der Waals surface area contributed by atoms with Crippen LogP contribution in [0.3, 0.4) is 0 Å². The van der Waals surface area contributed by atoms with Crippen molar-refractivity contribution >= 4 is 0 Å². The van der Waals surface area contributed by atoms with Crippen molar-refractivity contribution in [2.45, 2.75) is 45.3 Å². The minimum atomic E-state index is -4.07. The van der Waals surface area contributed by atoms with Gasteiger partial charge in [-0.2, -0.15) is 18.3 Å². The maximum atomic E-state index is 12.1. The van der Waals surface area contributed by atoms with Gasteiger partial charge in [-0.05, 0) is 32.4 Å². The molecule has 0 fully saturated rings. The van der Waals surface area contributed by atoms with Crippen LogP contribution in [0.25, 0.3) is 0 Å². The molecule has 0 saturated carbocycles. The monoisotopic (exact) mass is 263 g/mol. The van der Waals surface area contributed by atoms with Gasteiger partial charge in [-0.25, -0.2) is 0 Å². The van der Waals surface area contributed by atoms with Crippen molar-refractivity contribution in [2.24, 2.45) is 7.05 Å². The van der Waals surface area contributed by atoms with Crippen molar-refractivity contribution in [2.75, 3.05) is 6.54 Å². The number of aryl methyl sites for hydroxylation is 2. The predicted molar refractivity (Wildman–Crippen MR) is 64.3 cm³/mol. The maximum absolute atomic E-state index is 12.1. The van der Waals surface area contributed by atoms with Crippen LogP contribution in [0, 0.1) is 6.92 Å². The van der Waals surface area contributed by atoms with E-state index in [9.17, 15) is 13.2 Å². The molecule has 18 heavy (non-hydrogen) atoms. The van der Waals surface area contributed by atoms with E-state index >= 15 is 0 Å². The highest BCUT2D eigenvalue weighted by Crippen LogP contribution is 2.26. The number of nitrogens with zero attached hydrogens (tertiary/aromatic N) is 2. The second kappa shape index (κ2) is 6.22. The number of alkyl halides is 3. The fourth-order valence-electron chi connectivity index (χ4n) is 1.87. The third kappa shape index (κ3) is 4.68. The van der Waals surface area contributed by atoms with E-state index in [-0.39, 0.29) is 12.5 Å². The molecule has 1 aromatic heterocycles. The molecule has 0 bridgehead atoms. The van der Waals surface area contributed by atoms with Crippen molar-refractivity contribution in [3.05, 3.63) is 17.5 Å². The highest BCUT2D eigenvalue weighted by Gasteiger charge is 2.27. The number of aromatic nitrogens is 2. The Labute approximate surface area is 105 Å². The molecule has 6 heteroatoms. The summed E-state index contributed by atoms with van der Waals surface area (Å²) in [6, 6.07) is 1.82. The molecule has 0 radical (unpaired) electrons. The van der Waals surface area contributed by atoms with Gasteiger partial charge in [0.2, 0.25) is 0 Å². The van der Waals surface area contributed by atoms with Gasteiger partial charge in [-0.3, -0.25) is 4.68 Å². The van der Waals surface area contributed by atoms with Gasteiger partial charge in [0.05, 0.1) is 11.7 Å². The Kier molecular flexibility index (Phi) is 5.19. The second-order valence-corrected chi connectivity index (χ2v) is 4.45. The molecule has 3 nitrogen and oxygen atoms in total. The highest BCUT2D eigenvalue weighted by atomic mass is 19.4. The molecule has 1 N–H and O–H groups in total. The molecule has 0 spiro atoms. The molecule has 1 unspecified atom stereocenters. The number of nitrogens with one attached hydrogen (secondary N) is 1. The van der Waals surface area contributed by atoms with Gasteiger partial charge in [0.25, 0.3) is 0 Å². The summed E-state index contributed by atoms with van der Waals surface area (Å²) in [4.78, 5) is 0. The Bertz CT molecular complexity index is 352. The first-order valence-electron chi connectivity index (χ1n) is 6.14. The van der Waals surface area contributed by atoms with Crippen molar-refractivity contribution < 1.29 is 13.2 Å². The number of hydrogen-bond donors (Lipinski definition) is 1. The third-order valence-corrected chi connectivity index (χ3v) is 2.89. The third-order valence-electron chi connectivity index (χ3n) is 2.89. The molecule has 0 aliphatic carbocycles. The largest absolute Gasteiger partial charge is 0.389 e. The van der Waals surface area contributed by atoms with E-state index in [1.807, 2.05) is 27.0 Å². The van der Waals surface area contributed by atoms with Crippen LogP contribution in [0.1, 0.15) is 43.6 Å². The van der Waals surface area contributed by atoms with Crippen LogP contribution in [0.2, 0.25) is 0 Å². The normalized spacial score (nSPS) is 13.9. The van der Waals surface area contributed by atoms with Crippen LogP contribution in [-0.4, -0.2) is 22.5 Å². The van der Waals surface area contributed by atoms with E-state index < -0.39 is 12.6 Å². The molecular weight excluding hydrogens is 243 g/mol. The lowest BCUT2D eigenvalue weighted by molar-refractivity contribution is -0.135. The standard InChI is InChI=1S/C12H20F3N3/c1-4-16-10(6-5-7-12(13,14)15)11-8-9(2)18(3)17-11/h8,10,16H,4-7H2,1-3H3. The molecule has 0 saturated heterocycles. The van der Waals surface area contributed by atoms with E-state index in [1.165, 1.54) is 0 Å². The highest BCUT2D eigenvalue weighted by molar-refractivity contribution is 5.12. The fourth-order valence-corrected chi connectivity index (χ4v) is 1.87. The van der Waals surface area contributed by atoms with Crippen LogP contribution in [0.4, 0.5) is 13.2 Å². The lowest BCUT2D eigenvalue weighted by atomic mass is 10.1. The van der Waals surface area contributed by atoms with E-state index in [2.05, 4.69) is 10.4 Å². The molecule has 1 atom stereocenters. The van der Waals surface area contributed by atoms with Crippen molar-refractivity contribution in [3.63, 3.8) is 0 Å². The minimum absolute atomic E-state index is 0.0998. The summed E-state index contributed by atoms with van der Waals surface area (Å²) in [5.41, 5.74) is 1.82. The Hall–Kier alpha value is -1.04. The summed E-state index contributed by atoms with van der Waals surface area (Å²) in [7, 11) is 1.83. The first-order chi connectivity index (χ1) is 8.33. The summed E-state index contributed by atoms with van der Waals surface area (Å²) in [6.45, 7) is 4.58. The molecule has 1 aromatic rings. The zero-order valence-corrected chi connectivity index (χ0v) is 11.0. The Balaban J connectivity index is 2.60. The van der Waals surface area contributed by atoms with Crippen LogP contribution in [0.5, 0.6) is 0 Å². The minimum Gasteiger partial charge on any atom is -0.309 e. The Morgan fingerprint density at radius 3 is 2.56 bits per heavy atom. The first-order valence-corrected chi connectivity index (χ1v) is 6.14. The molecule has 0 aromatic carbocycles. The SMILES string of the molecule is CCNC(CCCC(F)(F)F)c1cc(C)n(C)n1. The summed E-state index contributed by atoms with van der Waals surface area (Å²) in [5.74, 6) is 0. The van der Waals surface area contributed by atoms with Crippen LogP contribution < -0.4 is 5.32 Å². The lowest BCUT2D eigenvalue weighted by Gasteiger charge is -2.16. The van der Waals surface area contributed by atoms with Gasteiger partial charge in [0.1, 0.15) is 0 Å². The molecule has 0 amide bonds. The summed E-state index contributed by atoms with van der Waals surface area (Å²) in [6.07, 6.45) is -4.24. The molecule has 0 aliphatic rings. The molecule has 0 aliphatic heterocycles. The average molecular weight is 263 g/mol. The summed E-state index contributed by atoms with van der Waals surface area (Å²) >= 11 is 0. The molecule has 104 valence electrons. The summed E-state index contributed by atoms with van der Waals surface area (Å²) < 4.78 is 38.1. The molecular formula is C12H20F3N3. The summed E-state index contributed by atoms with van der Waals surface area (Å²) in [5, 5.41) is 7.50. The van der Waals surface area contributed by atoms with Gasteiger partial charge in [-0.15, -0.1) is 0 Å². The average Bonchev–Trinajstić information content (AvgIpc) is 2.56. The van der Waals surface area contributed by atoms with E-state index in [0.29, 0.717) is 13.0 Å². The van der Waals surface area contributed by atoms with Crippen LogP contribution in [0.15, 0.2) is 6.07 Å². The van der Waals surface area contributed by atoms with Gasteiger partial charge in [0.15, 0.2) is 0 Å². The zero-order valence-electron chi connectivity index (χ0n) is 11.0. The first kappa shape index (κ1) is 15.0. The van der Waals surface area contributed by atoms with E-state index in [4.69, 9.17) is 0 Å². The second-order valence-electron chi connectivity index (χ2n) is 4.45. The smallest absolute Gasteiger partial charge is 0.309 e. The quantitative estimate of drug-likeness (QED) is 0.854. The number of halogens is 3. The number of hydrogen-bond acceptors (Lipinski definition) is 2. The topological polar surface area (TPSA) is 29.9 Å². The molecule has 1 heterocycles. The number of rotatable bonds is 6. The predicted octanol–water partition coefficient (Wildman–Crippen LogP) is 3.11. The lowest BCUT2D eigenvalue weighted by Crippen LogP contribution is -2.22. The zero-order chi connectivity index (χ0) is 13.8. The van der Waals surface area contributed by atoms with Gasteiger partial charge in [0, 0.05) is 19.2 Å². The van der Waals surface area contributed by atoms with Gasteiger partial charge >= 0.3 is 6.18 Å². The van der Waals surface area contributed by atoms with Crippen LogP contribution >= 0.6 is 0 Å². The fraction of sp³-hybridized carbons (Fsp3) is 0.750. The van der Waals surface area contributed by atoms with Crippen molar-refractivity contribution in [1.82, 2.24) is 15.1 Å². The van der Waals surface area contributed by atoms with Gasteiger partial charge in [-0.1, -0.05) is 6.92 Å². The van der Waals surface area contributed by atoms with E-state index in [1.54, 1.807) is 4.68 Å². The maximum Gasteiger partial charge on any atom is 0.389 e. The van der Waals surface area contributed by atoms with Crippen molar-refractivity contribution in [3.8, 4) is 0 Å². The molecule has 1 rings (SSSR count).